The Hall–Kier alpha value is -2.14. The summed E-state index contributed by atoms with van der Waals surface area (Å²) in [7, 11) is 0. The molecule has 1 amide bonds. The third-order valence-corrected chi connectivity index (χ3v) is 5.71. The molecule has 138 valence electrons. The Kier molecular flexibility index (Phi) is 4.81. The molecule has 1 aliphatic heterocycles. The van der Waals surface area contributed by atoms with E-state index in [1.54, 1.807) is 0 Å². The molecule has 1 saturated carbocycles. The largest absolute Gasteiger partial charge is 0.360 e. The minimum Gasteiger partial charge on any atom is -0.360 e. The number of rotatable bonds is 6. The molecular weight excluding hydrogens is 326 g/mol. The van der Waals surface area contributed by atoms with Crippen molar-refractivity contribution in [3.05, 3.63) is 53.4 Å². The number of aromatic nitrogens is 1. The van der Waals surface area contributed by atoms with Crippen LogP contribution in [0.4, 0.5) is 0 Å². The van der Waals surface area contributed by atoms with Gasteiger partial charge in [-0.2, -0.15) is 0 Å². The summed E-state index contributed by atoms with van der Waals surface area (Å²) in [6.07, 6.45) is 3.34. The second kappa shape index (κ2) is 7.23. The van der Waals surface area contributed by atoms with Crippen LogP contribution in [0.2, 0.25) is 0 Å². The van der Waals surface area contributed by atoms with E-state index in [1.165, 1.54) is 5.56 Å². The second-order valence-electron chi connectivity index (χ2n) is 7.73. The minimum atomic E-state index is -0.118. The standard InChI is InChI=1S/C21H27N3O2/c1-3-19(15-7-5-4-6-8-15)24-12-14(2)18(13-24)22-21(25)17-11-20(26-23-17)16-9-10-16/h4-8,11,14,16,18-19H,3,9-10,12-13H2,1-2H3,(H,22,25)/t14-,18?,19?/m0/s1. The van der Waals surface area contributed by atoms with E-state index < -0.39 is 0 Å². The van der Waals surface area contributed by atoms with E-state index in [0.29, 0.717) is 23.6 Å². The first kappa shape index (κ1) is 17.3. The normalized spacial score (nSPS) is 24.5. The average Bonchev–Trinajstić information content (AvgIpc) is 3.27. The summed E-state index contributed by atoms with van der Waals surface area (Å²) in [5.41, 5.74) is 1.76. The number of hydrogen-bond acceptors (Lipinski definition) is 4. The van der Waals surface area contributed by atoms with Crippen molar-refractivity contribution in [2.45, 2.75) is 51.1 Å². The van der Waals surface area contributed by atoms with Crippen molar-refractivity contribution < 1.29 is 9.32 Å². The van der Waals surface area contributed by atoms with Crippen LogP contribution < -0.4 is 5.32 Å². The molecule has 4 rings (SSSR count). The molecule has 1 aromatic carbocycles. The Morgan fingerprint density at radius 3 is 2.77 bits per heavy atom. The maximum Gasteiger partial charge on any atom is 0.273 e. The number of amides is 1. The number of hydrogen-bond donors (Lipinski definition) is 1. The van der Waals surface area contributed by atoms with Gasteiger partial charge in [-0.3, -0.25) is 9.69 Å². The predicted molar refractivity (Wildman–Crippen MR) is 99.9 cm³/mol. The van der Waals surface area contributed by atoms with E-state index in [-0.39, 0.29) is 11.9 Å². The number of likely N-dealkylation sites (tertiary alicyclic amines) is 1. The molecule has 1 aromatic heterocycles. The van der Waals surface area contributed by atoms with Crippen molar-refractivity contribution in [2.24, 2.45) is 5.92 Å². The van der Waals surface area contributed by atoms with Gasteiger partial charge in [0.25, 0.3) is 5.91 Å². The van der Waals surface area contributed by atoms with E-state index in [1.807, 2.05) is 6.07 Å². The summed E-state index contributed by atoms with van der Waals surface area (Å²) < 4.78 is 5.31. The van der Waals surface area contributed by atoms with Crippen LogP contribution in [-0.2, 0) is 0 Å². The van der Waals surface area contributed by atoms with Gasteiger partial charge < -0.3 is 9.84 Å². The highest BCUT2D eigenvalue weighted by molar-refractivity contribution is 5.92. The summed E-state index contributed by atoms with van der Waals surface area (Å²) in [4.78, 5) is 15.1. The highest BCUT2D eigenvalue weighted by Gasteiger charge is 2.35. The lowest BCUT2D eigenvalue weighted by Crippen LogP contribution is -2.40. The first-order valence-electron chi connectivity index (χ1n) is 9.72. The van der Waals surface area contributed by atoms with Crippen molar-refractivity contribution in [1.29, 1.82) is 0 Å². The van der Waals surface area contributed by atoms with Gasteiger partial charge >= 0.3 is 0 Å². The Labute approximate surface area is 154 Å². The van der Waals surface area contributed by atoms with Crippen LogP contribution in [0, 0.1) is 5.92 Å². The van der Waals surface area contributed by atoms with E-state index in [2.05, 4.69) is 59.6 Å². The molecule has 0 radical (unpaired) electrons. The molecule has 1 N–H and O–H groups in total. The van der Waals surface area contributed by atoms with Gasteiger partial charge in [-0.05, 0) is 30.7 Å². The minimum absolute atomic E-state index is 0.118. The Morgan fingerprint density at radius 2 is 2.08 bits per heavy atom. The van der Waals surface area contributed by atoms with Crippen LogP contribution in [0.1, 0.15) is 66.9 Å². The molecule has 2 heterocycles. The van der Waals surface area contributed by atoms with Gasteiger partial charge in [0.1, 0.15) is 5.76 Å². The zero-order valence-electron chi connectivity index (χ0n) is 15.5. The first-order valence-corrected chi connectivity index (χ1v) is 9.72. The quantitative estimate of drug-likeness (QED) is 0.859. The van der Waals surface area contributed by atoms with E-state index in [4.69, 9.17) is 4.52 Å². The molecular formula is C21H27N3O2. The summed E-state index contributed by atoms with van der Waals surface area (Å²) in [6, 6.07) is 13.0. The maximum atomic E-state index is 12.6. The van der Waals surface area contributed by atoms with Crippen molar-refractivity contribution in [3.8, 4) is 0 Å². The molecule has 0 bridgehead atoms. The molecule has 5 heteroatoms. The van der Waals surface area contributed by atoms with Crippen LogP contribution in [0.15, 0.2) is 40.9 Å². The maximum absolute atomic E-state index is 12.6. The smallest absolute Gasteiger partial charge is 0.273 e. The van der Waals surface area contributed by atoms with Crippen LogP contribution in [-0.4, -0.2) is 35.1 Å². The SMILES string of the molecule is CCC(c1ccccc1)N1CC(NC(=O)c2cc(C3CC3)on2)[C@@H](C)C1. The predicted octanol–water partition coefficient (Wildman–Crippen LogP) is 3.75. The third-order valence-electron chi connectivity index (χ3n) is 5.71. The molecule has 1 saturated heterocycles. The molecule has 2 aliphatic rings. The fourth-order valence-electron chi connectivity index (χ4n) is 4.03. The zero-order chi connectivity index (χ0) is 18.1. The van der Waals surface area contributed by atoms with E-state index in [0.717, 1.165) is 38.1 Å². The molecule has 1 aliphatic carbocycles. The monoisotopic (exact) mass is 353 g/mol. The highest BCUT2D eigenvalue weighted by Crippen LogP contribution is 2.40. The fourth-order valence-corrected chi connectivity index (χ4v) is 4.03. The van der Waals surface area contributed by atoms with E-state index in [9.17, 15) is 4.79 Å². The van der Waals surface area contributed by atoms with Crippen LogP contribution >= 0.6 is 0 Å². The van der Waals surface area contributed by atoms with Crippen LogP contribution in [0.5, 0.6) is 0 Å². The lowest BCUT2D eigenvalue weighted by molar-refractivity contribution is 0.0921. The van der Waals surface area contributed by atoms with Gasteiger partial charge in [0.05, 0.1) is 0 Å². The van der Waals surface area contributed by atoms with Crippen molar-refractivity contribution in [3.63, 3.8) is 0 Å². The third kappa shape index (κ3) is 3.54. The molecule has 3 atom stereocenters. The molecule has 0 spiro atoms. The molecule has 26 heavy (non-hydrogen) atoms. The van der Waals surface area contributed by atoms with Gasteiger partial charge in [-0.1, -0.05) is 49.3 Å². The Bertz CT molecular complexity index is 754. The summed E-state index contributed by atoms with van der Waals surface area (Å²) in [6.45, 7) is 6.29. The number of nitrogens with zero attached hydrogens (tertiary/aromatic N) is 2. The highest BCUT2D eigenvalue weighted by atomic mass is 16.5. The lowest BCUT2D eigenvalue weighted by atomic mass is 10.0. The van der Waals surface area contributed by atoms with Gasteiger partial charge in [-0.15, -0.1) is 0 Å². The van der Waals surface area contributed by atoms with Crippen LogP contribution in [0.25, 0.3) is 0 Å². The molecule has 5 nitrogen and oxygen atoms in total. The lowest BCUT2D eigenvalue weighted by Gasteiger charge is -2.27. The zero-order valence-corrected chi connectivity index (χ0v) is 15.5. The summed E-state index contributed by atoms with van der Waals surface area (Å²) in [5, 5.41) is 7.14. The molecule has 2 unspecified atom stereocenters. The fraction of sp³-hybridized carbons (Fsp3) is 0.524. The summed E-state index contributed by atoms with van der Waals surface area (Å²) >= 11 is 0. The number of benzene rings is 1. The number of carbonyl (C=O) groups is 1. The number of nitrogens with one attached hydrogen (secondary N) is 1. The second-order valence-corrected chi connectivity index (χ2v) is 7.73. The van der Waals surface area contributed by atoms with Crippen molar-refractivity contribution >= 4 is 5.91 Å². The average molecular weight is 353 g/mol. The Morgan fingerprint density at radius 1 is 1.31 bits per heavy atom. The van der Waals surface area contributed by atoms with Crippen molar-refractivity contribution in [1.82, 2.24) is 15.4 Å². The van der Waals surface area contributed by atoms with Crippen molar-refractivity contribution in [2.75, 3.05) is 13.1 Å². The topological polar surface area (TPSA) is 58.4 Å². The van der Waals surface area contributed by atoms with E-state index >= 15 is 0 Å². The van der Waals surface area contributed by atoms with Gasteiger partial charge in [0.15, 0.2) is 5.69 Å². The van der Waals surface area contributed by atoms with Gasteiger partial charge in [-0.25, -0.2) is 0 Å². The van der Waals surface area contributed by atoms with Crippen LogP contribution in [0.3, 0.4) is 0 Å². The van der Waals surface area contributed by atoms with Gasteiger partial charge in [0, 0.05) is 37.2 Å². The number of carbonyl (C=O) groups excluding carboxylic acids is 1. The first-order chi connectivity index (χ1) is 12.7. The molecule has 2 fully saturated rings. The Balaban J connectivity index is 1.40. The van der Waals surface area contributed by atoms with Gasteiger partial charge in [0.2, 0.25) is 0 Å². The summed E-state index contributed by atoms with van der Waals surface area (Å²) in [5.74, 6) is 1.62. The molecule has 2 aromatic rings.